The van der Waals surface area contributed by atoms with Crippen LogP contribution in [0.4, 0.5) is 20.7 Å². The smallest absolute Gasteiger partial charge is 0.319 e. The van der Waals surface area contributed by atoms with Crippen LogP contribution in [0.25, 0.3) is 0 Å². The van der Waals surface area contributed by atoms with Gasteiger partial charge in [-0.1, -0.05) is 18.6 Å². The summed E-state index contributed by atoms with van der Waals surface area (Å²) in [7, 11) is 0. The first-order valence-corrected chi connectivity index (χ1v) is 9.81. The fourth-order valence-electron chi connectivity index (χ4n) is 3.66. The van der Waals surface area contributed by atoms with Crippen molar-refractivity contribution in [3.63, 3.8) is 0 Å². The third kappa shape index (κ3) is 4.42. The molecule has 6 nitrogen and oxygen atoms in total. The number of rotatable bonds is 5. The summed E-state index contributed by atoms with van der Waals surface area (Å²) in [5.41, 5.74) is 1.57. The number of hydrogen-bond donors (Lipinski definition) is 2. The number of ether oxygens (including phenoxy) is 1. The Morgan fingerprint density at radius 2 is 1.89 bits per heavy atom. The summed E-state index contributed by atoms with van der Waals surface area (Å²) in [6.45, 7) is 3.05. The maximum atomic E-state index is 13.2. The summed E-state index contributed by atoms with van der Waals surface area (Å²) in [5.74, 6) is 0.998. The Morgan fingerprint density at radius 3 is 2.50 bits per heavy atom. The molecule has 2 fully saturated rings. The van der Waals surface area contributed by atoms with E-state index in [9.17, 15) is 9.18 Å². The second-order valence-corrected chi connectivity index (χ2v) is 7.32. The normalized spacial score (nSPS) is 18.2. The van der Waals surface area contributed by atoms with Gasteiger partial charge in [0, 0.05) is 13.1 Å². The van der Waals surface area contributed by atoms with Crippen LogP contribution in [0.5, 0.6) is 0 Å². The van der Waals surface area contributed by atoms with Crippen molar-refractivity contribution < 1.29 is 13.9 Å². The SMILES string of the molecule is O=C(Nc1ccc(N2CCOCC2)nc1)NC(c1ccc(F)cc1)C1CCC1. The lowest BCUT2D eigenvalue weighted by Crippen LogP contribution is -2.38. The molecule has 2 heterocycles. The molecule has 28 heavy (non-hydrogen) atoms. The van der Waals surface area contributed by atoms with E-state index in [0.29, 0.717) is 24.8 Å². The van der Waals surface area contributed by atoms with Gasteiger partial charge in [-0.2, -0.15) is 0 Å². The minimum absolute atomic E-state index is 0.116. The molecule has 0 spiro atoms. The number of aromatic nitrogens is 1. The predicted molar refractivity (Wildman–Crippen MR) is 106 cm³/mol. The van der Waals surface area contributed by atoms with E-state index < -0.39 is 0 Å². The van der Waals surface area contributed by atoms with Gasteiger partial charge in [-0.25, -0.2) is 14.2 Å². The first-order valence-electron chi connectivity index (χ1n) is 9.81. The lowest BCUT2D eigenvalue weighted by Gasteiger charge is -2.34. The molecular formula is C21H25FN4O2. The van der Waals surface area contributed by atoms with Crippen LogP contribution in [0.15, 0.2) is 42.6 Å². The lowest BCUT2D eigenvalue weighted by atomic mass is 9.77. The number of carbonyl (C=O) groups excluding carboxylic acids is 1. The maximum Gasteiger partial charge on any atom is 0.319 e. The van der Waals surface area contributed by atoms with Gasteiger partial charge >= 0.3 is 6.03 Å². The molecule has 1 aliphatic heterocycles. The summed E-state index contributed by atoms with van der Waals surface area (Å²) in [4.78, 5) is 19.2. The molecule has 0 bridgehead atoms. The number of urea groups is 1. The number of carbonyl (C=O) groups is 1. The highest BCUT2D eigenvalue weighted by atomic mass is 19.1. The lowest BCUT2D eigenvalue weighted by molar-refractivity contribution is 0.122. The fourth-order valence-corrected chi connectivity index (χ4v) is 3.66. The quantitative estimate of drug-likeness (QED) is 0.825. The summed E-state index contributed by atoms with van der Waals surface area (Å²) in [5, 5.41) is 5.91. The van der Waals surface area contributed by atoms with Crippen LogP contribution in [0.1, 0.15) is 30.9 Å². The van der Waals surface area contributed by atoms with Crippen molar-refractivity contribution in [1.82, 2.24) is 10.3 Å². The molecule has 1 saturated carbocycles. The summed E-state index contributed by atoms with van der Waals surface area (Å²) in [6, 6.07) is 9.74. The van der Waals surface area contributed by atoms with Crippen molar-refractivity contribution in [2.45, 2.75) is 25.3 Å². The van der Waals surface area contributed by atoms with Gasteiger partial charge in [0.2, 0.25) is 0 Å². The molecule has 7 heteroatoms. The number of morpholine rings is 1. The average molecular weight is 384 g/mol. The van der Waals surface area contributed by atoms with Crippen molar-refractivity contribution in [3.8, 4) is 0 Å². The molecule has 2 N–H and O–H groups in total. The van der Waals surface area contributed by atoms with Crippen molar-refractivity contribution in [3.05, 3.63) is 54.0 Å². The van der Waals surface area contributed by atoms with Gasteiger partial charge in [0.25, 0.3) is 0 Å². The van der Waals surface area contributed by atoms with E-state index in [0.717, 1.165) is 37.3 Å². The van der Waals surface area contributed by atoms with Gasteiger partial charge in [-0.15, -0.1) is 0 Å². The number of hydrogen-bond acceptors (Lipinski definition) is 4. The second kappa shape index (κ2) is 8.56. The third-order valence-corrected chi connectivity index (χ3v) is 5.48. The van der Waals surface area contributed by atoms with Crippen LogP contribution in [0.2, 0.25) is 0 Å². The predicted octanol–water partition coefficient (Wildman–Crippen LogP) is 3.72. The van der Waals surface area contributed by atoms with Crippen molar-refractivity contribution in [2.24, 2.45) is 5.92 Å². The van der Waals surface area contributed by atoms with Gasteiger partial charge in [-0.3, -0.25) is 0 Å². The highest BCUT2D eigenvalue weighted by Gasteiger charge is 2.29. The van der Waals surface area contributed by atoms with E-state index >= 15 is 0 Å². The molecular weight excluding hydrogens is 359 g/mol. The molecule has 1 saturated heterocycles. The monoisotopic (exact) mass is 384 g/mol. The number of amides is 2. The molecule has 148 valence electrons. The first kappa shape index (κ1) is 18.7. The summed E-state index contributed by atoms with van der Waals surface area (Å²) in [6.07, 6.45) is 4.97. The molecule has 0 radical (unpaired) electrons. The number of pyridine rings is 1. The number of halogens is 1. The number of nitrogens with one attached hydrogen (secondary N) is 2. The molecule has 4 rings (SSSR count). The highest BCUT2D eigenvalue weighted by molar-refractivity contribution is 5.89. The fraction of sp³-hybridized carbons (Fsp3) is 0.429. The Morgan fingerprint density at radius 1 is 1.14 bits per heavy atom. The van der Waals surface area contributed by atoms with E-state index in [1.165, 1.54) is 18.6 Å². The van der Waals surface area contributed by atoms with Crippen molar-refractivity contribution >= 4 is 17.5 Å². The molecule has 1 unspecified atom stereocenters. The van der Waals surface area contributed by atoms with Crippen LogP contribution in [-0.4, -0.2) is 37.3 Å². The second-order valence-electron chi connectivity index (χ2n) is 7.32. The maximum absolute atomic E-state index is 13.2. The molecule has 1 aliphatic carbocycles. The van der Waals surface area contributed by atoms with Crippen LogP contribution in [-0.2, 0) is 4.74 Å². The third-order valence-electron chi connectivity index (χ3n) is 5.48. The van der Waals surface area contributed by atoms with Gasteiger partial charge in [0.1, 0.15) is 11.6 Å². The van der Waals surface area contributed by atoms with E-state index in [-0.39, 0.29) is 17.9 Å². The number of nitrogens with zero attached hydrogens (tertiary/aromatic N) is 2. The Labute approximate surface area is 164 Å². The topological polar surface area (TPSA) is 66.5 Å². The van der Waals surface area contributed by atoms with E-state index in [4.69, 9.17) is 4.74 Å². The van der Waals surface area contributed by atoms with Gasteiger partial charge in [-0.05, 0) is 48.6 Å². The Balaban J connectivity index is 1.38. The zero-order valence-electron chi connectivity index (χ0n) is 15.7. The van der Waals surface area contributed by atoms with E-state index in [2.05, 4.69) is 20.5 Å². The van der Waals surface area contributed by atoms with E-state index in [1.54, 1.807) is 18.3 Å². The Kier molecular flexibility index (Phi) is 5.71. The Hall–Kier alpha value is -2.67. The minimum Gasteiger partial charge on any atom is -0.378 e. The standard InChI is InChI=1S/C21H25FN4O2/c22-17-6-4-16(5-7-17)20(15-2-1-3-15)25-21(27)24-18-8-9-19(23-14-18)26-10-12-28-13-11-26/h4-9,14-15,20H,1-3,10-13H2,(H2,24,25,27). The molecule has 1 aromatic carbocycles. The van der Waals surface area contributed by atoms with Gasteiger partial charge in [0.05, 0.1) is 31.1 Å². The molecule has 1 aromatic heterocycles. The summed E-state index contributed by atoms with van der Waals surface area (Å²) >= 11 is 0. The molecule has 1 atom stereocenters. The summed E-state index contributed by atoms with van der Waals surface area (Å²) < 4.78 is 18.6. The molecule has 2 amide bonds. The highest BCUT2D eigenvalue weighted by Crippen LogP contribution is 2.37. The van der Waals surface area contributed by atoms with Crippen molar-refractivity contribution in [1.29, 1.82) is 0 Å². The van der Waals surface area contributed by atoms with Crippen LogP contribution in [0.3, 0.4) is 0 Å². The van der Waals surface area contributed by atoms with Crippen LogP contribution >= 0.6 is 0 Å². The Bertz CT molecular complexity index is 787. The van der Waals surface area contributed by atoms with E-state index in [1.807, 2.05) is 12.1 Å². The average Bonchev–Trinajstić information content (AvgIpc) is 2.68. The molecule has 2 aromatic rings. The molecule has 2 aliphatic rings. The van der Waals surface area contributed by atoms with Gasteiger partial charge in [0.15, 0.2) is 0 Å². The largest absolute Gasteiger partial charge is 0.378 e. The number of benzene rings is 1. The van der Waals surface area contributed by atoms with Crippen LogP contribution < -0.4 is 15.5 Å². The van der Waals surface area contributed by atoms with Crippen LogP contribution in [0, 0.1) is 11.7 Å². The van der Waals surface area contributed by atoms with Crippen molar-refractivity contribution in [2.75, 3.05) is 36.5 Å². The van der Waals surface area contributed by atoms with Gasteiger partial charge < -0.3 is 20.3 Å². The first-order chi connectivity index (χ1) is 13.7. The minimum atomic E-state index is -0.276. The number of anilines is 2. The zero-order chi connectivity index (χ0) is 19.3. The zero-order valence-corrected chi connectivity index (χ0v) is 15.7.